The topological polar surface area (TPSA) is 92.8 Å². The molecule has 0 unspecified atom stereocenters. The normalized spacial score (nSPS) is 22.2. The summed E-state index contributed by atoms with van der Waals surface area (Å²) in [6.45, 7) is 3.38. The quantitative estimate of drug-likeness (QED) is 0.519. The van der Waals surface area contributed by atoms with Gasteiger partial charge in [0, 0.05) is 10.7 Å². The maximum absolute atomic E-state index is 12.9. The number of hydrogen-bond acceptors (Lipinski definition) is 5. The van der Waals surface area contributed by atoms with E-state index in [1.165, 1.54) is 17.0 Å². The van der Waals surface area contributed by atoms with E-state index in [2.05, 4.69) is 12.2 Å². The number of esters is 1. The molecule has 1 aliphatic heterocycles. The van der Waals surface area contributed by atoms with Gasteiger partial charge in [-0.1, -0.05) is 30.7 Å². The first kappa shape index (κ1) is 23.0. The van der Waals surface area contributed by atoms with E-state index in [9.17, 15) is 19.2 Å². The van der Waals surface area contributed by atoms with Crippen LogP contribution in [0.4, 0.5) is 11.4 Å². The molecular formula is C25H25ClN2O5. The molecule has 2 aliphatic rings. The van der Waals surface area contributed by atoms with E-state index in [1.807, 2.05) is 0 Å². The average Bonchev–Trinajstić information content (AvgIpc) is 3.04. The van der Waals surface area contributed by atoms with Crippen LogP contribution in [0.15, 0.2) is 42.5 Å². The fourth-order valence-corrected chi connectivity index (χ4v) is 4.73. The Kier molecular flexibility index (Phi) is 6.51. The Labute approximate surface area is 197 Å². The summed E-state index contributed by atoms with van der Waals surface area (Å²) in [6, 6.07) is 11.3. The van der Waals surface area contributed by atoms with Crippen LogP contribution in [0.2, 0.25) is 5.02 Å². The second-order valence-electron chi connectivity index (χ2n) is 8.73. The summed E-state index contributed by atoms with van der Waals surface area (Å²) >= 11 is 6.05. The number of anilines is 2. The van der Waals surface area contributed by atoms with Crippen LogP contribution in [0.25, 0.3) is 0 Å². The van der Waals surface area contributed by atoms with Crippen molar-refractivity contribution in [1.82, 2.24) is 0 Å². The second kappa shape index (κ2) is 9.35. The predicted octanol–water partition coefficient (Wildman–Crippen LogP) is 4.37. The van der Waals surface area contributed by atoms with E-state index in [-0.39, 0.29) is 29.2 Å². The maximum Gasteiger partial charge on any atom is 0.338 e. The number of carbonyl (C=O) groups excluding carboxylic acids is 4. The number of imide groups is 1. The summed E-state index contributed by atoms with van der Waals surface area (Å²) in [6.07, 6.45) is 2.34. The van der Waals surface area contributed by atoms with E-state index >= 15 is 0 Å². The molecule has 3 amide bonds. The second-order valence-corrected chi connectivity index (χ2v) is 9.14. The lowest BCUT2D eigenvalue weighted by Gasteiger charge is -2.25. The zero-order valence-electron chi connectivity index (χ0n) is 18.5. The van der Waals surface area contributed by atoms with Crippen molar-refractivity contribution in [3.63, 3.8) is 0 Å². The molecule has 1 aliphatic carbocycles. The van der Waals surface area contributed by atoms with Crippen molar-refractivity contribution >= 4 is 46.7 Å². The molecule has 0 radical (unpaired) electrons. The summed E-state index contributed by atoms with van der Waals surface area (Å²) in [4.78, 5) is 51.8. The standard InChI is InChI=1S/C25H25ClN2O5/c1-14-9-10-18-19(11-14)24(31)28(23(18)30)17-6-3-5-16(12-17)25(32)33-13-22(29)27-21-8-4-7-20(26)15(21)2/h3-8,12,14,18-19H,9-11,13H2,1-2H3,(H,27,29)/t14-,18+,19-/m0/s1. The summed E-state index contributed by atoms with van der Waals surface area (Å²) in [5.41, 5.74) is 1.75. The fourth-order valence-electron chi connectivity index (χ4n) is 4.56. The molecule has 0 spiro atoms. The van der Waals surface area contributed by atoms with Crippen LogP contribution in [0.1, 0.15) is 42.1 Å². The van der Waals surface area contributed by atoms with Gasteiger partial charge < -0.3 is 10.1 Å². The Bertz CT molecular complexity index is 1130. The summed E-state index contributed by atoms with van der Waals surface area (Å²) in [7, 11) is 0. The number of halogens is 1. The number of hydrogen-bond donors (Lipinski definition) is 1. The van der Waals surface area contributed by atoms with Gasteiger partial charge in [0.05, 0.1) is 23.1 Å². The van der Waals surface area contributed by atoms with Crippen LogP contribution in [0.3, 0.4) is 0 Å². The molecule has 2 aromatic rings. The number of fused-ring (bicyclic) bond motifs is 1. The molecule has 33 heavy (non-hydrogen) atoms. The van der Waals surface area contributed by atoms with E-state index in [4.69, 9.17) is 16.3 Å². The number of carbonyl (C=O) groups is 4. The summed E-state index contributed by atoms with van der Waals surface area (Å²) < 4.78 is 5.14. The zero-order valence-corrected chi connectivity index (χ0v) is 19.2. The van der Waals surface area contributed by atoms with Gasteiger partial charge in [-0.25, -0.2) is 4.79 Å². The van der Waals surface area contributed by atoms with Gasteiger partial charge >= 0.3 is 5.97 Å². The van der Waals surface area contributed by atoms with Gasteiger partial charge in [-0.05, 0) is 68.0 Å². The lowest BCUT2D eigenvalue weighted by molar-refractivity contribution is -0.122. The largest absolute Gasteiger partial charge is 0.452 e. The number of amides is 3. The molecule has 7 nitrogen and oxygen atoms in total. The van der Waals surface area contributed by atoms with Gasteiger partial charge in [0.15, 0.2) is 6.61 Å². The predicted molar refractivity (Wildman–Crippen MR) is 124 cm³/mol. The molecule has 0 bridgehead atoms. The zero-order chi connectivity index (χ0) is 23.7. The minimum Gasteiger partial charge on any atom is -0.452 e. The molecule has 1 saturated carbocycles. The first-order valence-electron chi connectivity index (χ1n) is 11.0. The van der Waals surface area contributed by atoms with Crippen molar-refractivity contribution in [1.29, 1.82) is 0 Å². The fraction of sp³-hybridized carbons (Fsp3) is 0.360. The van der Waals surface area contributed by atoms with Crippen LogP contribution in [0, 0.1) is 24.7 Å². The molecule has 2 fully saturated rings. The number of ether oxygens (including phenoxy) is 1. The lowest BCUT2D eigenvalue weighted by Crippen LogP contribution is -2.31. The van der Waals surface area contributed by atoms with Crippen molar-refractivity contribution in [2.45, 2.75) is 33.1 Å². The van der Waals surface area contributed by atoms with Gasteiger partial charge in [-0.2, -0.15) is 0 Å². The van der Waals surface area contributed by atoms with Crippen molar-refractivity contribution in [2.24, 2.45) is 17.8 Å². The van der Waals surface area contributed by atoms with Crippen molar-refractivity contribution in [3.05, 3.63) is 58.6 Å². The van der Waals surface area contributed by atoms with Crippen LogP contribution >= 0.6 is 11.6 Å². The molecular weight excluding hydrogens is 444 g/mol. The Hall–Kier alpha value is -3.19. The molecule has 4 rings (SSSR count). The van der Waals surface area contributed by atoms with Crippen molar-refractivity contribution < 1.29 is 23.9 Å². The molecule has 8 heteroatoms. The first-order chi connectivity index (χ1) is 15.8. The number of rotatable bonds is 5. The van der Waals surface area contributed by atoms with Crippen LogP contribution < -0.4 is 10.2 Å². The Morgan fingerprint density at radius 1 is 1.09 bits per heavy atom. The maximum atomic E-state index is 12.9. The third-order valence-electron chi connectivity index (χ3n) is 6.40. The molecule has 2 aromatic carbocycles. The van der Waals surface area contributed by atoms with E-state index in [0.717, 1.165) is 6.42 Å². The highest BCUT2D eigenvalue weighted by Gasteiger charge is 2.50. The van der Waals surface area contributed by atoms with E-state index in [1.54, 1.807) is 37.3 Å². The van der Waals surface area contributed by atoms with E-state index < -0.39 is 18.5 Å². The third-order valence-corrected chi connectivity index (χ3v) is 6.81. The monoisotopic (exact) mass is 468 g/mol. The SMILES string of the molecule is Cc1c(Cl)cccc1NC(=O)COC(=O)c1cccc(N2C(=O)[C@H]3C[C@@H](C)CC[C@H]3C2=O)c1. The van der Waals surface area contributed by atoms with Crippen molar-refractivity contribution in [2.75, 3.05) is 16.8 Å². The molecule has 1 saturated heterocycles. The smallest absolute Gasteiger partial charge is 0.338 e. The average molecular weight is 469 g/mol. The molecule has 1 heterocycles. The Morgan fingerprint density at radius 2 is 1.82 bits per heavy atom. The lowest BCUT2D eigenvalue weighted by atomic mass is 9.76. The summed E-state index contributed by atoms with van der Waals surface area (Å²) in [5, 5.41) is 3.18. The minimum absolute atomic E-state index is 0.156. The van der Waals surface area contributed by atoms with Crippen LogP contribution in [0.5, 0.6) is 0 Å². The highest BCUT2D eigenvalue weighted by Crippen LogP contribution is 2.42. The molecule has 172 valence electrons. The third kappa shape index (κ3) is 4.64. The van der Waals surface area contributed by atoms with Crippen molar-refractivity contribution in [3.8, 4) is 0 Å². The Morgan fingerprint density at radius 3 is 2.61 bits per heavy atom. The Balaban J connectivity index is 1.42. The van der Waals surface area contributed by atoms with Gasteiger partial charge in [-0.3, -0.25) is 19.3 Å². The molecule has 1 N–H and O–H groups in total. The first-order valence-corrected chi connectivity index (χ1v) is 11.3. The van der Waals surface area contributed by atoms with E-state index in [0.29, 0.717) is 40.7 Å². The molecule has 3 atom stereocenters. The minimum atomic E-state index is -0.722. The van der Waals surface area contributed by atoms with Gasteiger partial charge in [0.1, 0.15) is 0 Å². The number of nitrogens with one attached hydrogen (secondary N) is 1. The van der Waals surface area contributed by atoms with Gasteiger partial charge in [-0.15, -0.1) is 0 Å². The number of benzene rings is 2. The number of nitrogens with zero attached hydrogens (tertiary/aromatic N) is 1. The highest BCUT2D eigenvalue weighted by molar-refractivity contribution is 6.31. The molecule has 0 aromatic heterocycles. The van der Waals surface area contributed by atoms with Crippen LogP contribution in [-0.4, -0.2) is 30.3 Å². The highest BCUT2D eigenvalue weighted by atomic mass is 35.5. The van der Waals surface area contributed by atoms with Gasteiger partial charge in [0.25, 0.3) is 5.91 Å². The van der Waals surface area contributed by atoms with Gasteiger partial charge in [0.2, 0.25) is 11.8 Å². The summed E-state index contributed by atoms with van der Waals surface area (Å²) in [5.74, 6) is -1.82. The van der Waals surface area contributed by atoms with Crippen LogP contribution in [-0.2, 0) is 19.1 Å².